The standard InChI is InChI=1S/C22H21F2N3O/c1-3-15(2)26-18-7-4-6-16(12-18)17-10-11-21(25-14-17)27-19-8-5-9-20(13-19)28-22(23)24/h4-14,22,26H,2-3H2,1H3,(H,25,27). The molecule has 0 aliphatic rings. The van der Waals surface area contributed by atoms with Gasteiger partial charge < -0.3 is 15.4 Å². The smallest absolute Gasteiger partial charge is 0.387 e. The molecule has 3 rings (SSSR count). The van der Waals surface area contributed by atoms with Gasteiger partial charge in [-0.1, -0.05) is 31.7 Å². The lowest BCUT2D eigenvalue weighted by Gasteiger charge is -2.11. The van der Waals surface area contributed by atoms with Crippen LogP contribution in [0.15, 0.2) is 79.1 Å². The number of allylic oxidation sites excluding steroid dienone is 1. The van der Waals surface area contributed by atoms with Gasteiger partial charge in [0, 0.05) is 34.9 Å². The molecular formula is C22H21F2N3O. The van der Waals surface area contributed by atoms with E-state index in [0.717, 1.165) is 28.9 Å². The Hall–Kier alpha value is -3.41. The monoisotopic (exact) mass is 381 g/mol. The van der Waals surface area contributed by atoms with Crippen molar-refractivity contribution in [2.75, 3.05) is 10.6 Å². The highest BCUT2D eigenvalue weighted by Crippen LogP contribution is 2.26. The van der Waals surface area contributed by atoms with Crippen LogP contribution in [0, 0.1) is 0 Å². The van der Waals surface area contributed by atoms with Crippen LogP contribution in [0.5, 0.6) is 5.75 Å². The van der Waals surface area contributed by atoms with Gasteiger partial charge in [-0.05, 0) is 48.4 Å². The zero-order chi connectivity index (χ0) is 19.9. The van der Waals surface area contributed by atoms with Crippen LogP contribution < -0.4 is 15.4 Å². The third kappa shape index (κ3) is 5.30. The number of benzene rings is 2. The van der Waals surface area contributed by atoms with Crippen molar-refractivity contribution in [3.8, 4) is 16.9 Å². The van der Waals surface area contributed by atoms with Crippen LogP contribution in [0.1, 0.15) is 13.3 Å². The first-order valence-corrected chi connectivity index (χ1v) is 8.86. The largest absolute Gasteiger partial charge is 0.435 e. The molecule has 144 valence electrons. The Morgan fingerprint density at radius 3 is 2.54 bits per heavy atom. The van der Waals surface area contributed by atoms with Crippen LogP contribution in [0.3, 0.4) is 0 Å². The first-order chi connectivity index (χ1) is 13.5. The van der Waals surface area contributed by atoms with E-state index >= 15 is 0 Å². The Bertz CT molecular complexity index is 943. The van der Waals surface area contributed by atoms with E-state index < -0.39 is 6.61 Å². The summed E-state index contributed by atoms with van der Waals surface area (Å²) in [7, 11) is 0. The van der Waals surface area contributed by atoms with Gasteiger partial charge in [-0.2, -0.15) is 8.78 Å². The number of rotatable bonds is 8. The van der Waals surface area contributed by atoms with E-state index in [4.69, 9.17) is 0 Å². The molecule has 28 heavy (non-hydrogen) atoms. The van der Waals surface area contributed by atoms with Gasteiger partial charge in [0.1, 0.15) is 11.6 Å². The number of hydrogen-bond donors (Lipinski definition) is 2. The number of pyridine rings is 1. The molecule has 4 nitrogen and oxygen atoms in total. The molecule has 0 atom stereocenters. The fourth-order valence-corrected chi connectivity index (χ4v) is 2.61. The quantitative estimate of drug-likeness (QED) is 0.472. The van der Waals surface area contributed by atoms with Gasteiger partial charge in [0.2, 0.25) is 0 Å². The minimum absolute atomic E-state index is 0.0922. The van der Waals surface area contributed by atoms with Crippen LogP contribution in [0.25, 0.3) is 11.1 Å². The molecule has 2 N–H and O–H groups in total. The van der Waals surface area contributed by atoms with Crippen molar-refractivity contribution in [1.29, 1.82) is 0 Å². The summed E-state index contributed by atoms with van der Waals surface area (Å²) in [6.45, 7) is 3.15. The van der Waals surface area contributed by atoms with Crippen molar-refractivity contribution in [3.05, 3.63) is 79.1 Å². The molecule has 0 radical (unpaired) electrons. The molecule has 0 fully saturated rings. The van der Waals surface area contributed by atoms with E-state index in [1.54, 1.807) is 18.3 Å². The Morgan fingerprint density at radius 1 is 1.04 bits per heavy atom. The lowest BCUT2D eigenvalue weighted by Crippen LogP contribution is -2.02. The maximum Gasteiger partial charge on any atom is 0.387 e. The summed E-state index contributed by atoms with van der Waals surface area (Å²) in [5, 5.41) is 6.35. The molecule has 0 bridgehead atoms. The number of halogens is 2. The molecule has 0 aliphatic carbocycles. The summed E-state index contributed by atoms with van der Waals surface area (Å²) in [4.78, 5) is 4.41. The summed E-state index contributed by atoms with van der Waals surface area (Å²) >= 11 is 0. The van der Waals surface area contributed by atoms with Crippen LogP contribution in [0.2, 0.25) is 0 Å². The third-order valence-electron chi connectivity index (χ3n) is 4.04. The lowest BCUT2D eigenvalue weighted by atomic mass is 10.1. The minimum Gasteiger partial charge on any atom is -0.435 e. The second-order valence-corrected chi connectivity index (χ2v) is 6.13. The van der Waals surface area contributed by atoms with Crippen LogP contribution in [-0.2, 0) is 0 Å². The summed E-state index contributed by atoms with van der Waals surface area (Å²) < 4.78 is 29.1. The molecular weight excluding hydrogens is 360 g/mol. The van der Waals surface area contributed by atoms with Gasteiger partial charge >= 0.3 is 6.61 Å². The van der Waals surface area contributed by atoms with Gasteiger partial charge in [-0.3, -0.25) is 0 Å². The molecule has 1 heterocycles. The fourth-order valence-electron chi connectivity index (χ4n) is 2.61. The summed E-state index contributed by atoms with van der Waals surface area (Å²) in [5.74, 6) is 0.696. The highest BCUT2D eigenvalue weighted by Gasteiger charge is 2.06. The van der Waals surface area contributed by atoms with Gasteiger partial charge in [0.15, 0.2) is 0 Å². The van der Waals surface area contributed by atoms with E-state index in [0.29, 0.717) is 11.5 Å². The molecule has 0 amide bonds. The molecule has 0 spiro atoms. The SMILES string of the molecule is C=C(CC)Nc1cccc(-c2ccc(Nc3cccc(OC(F)F)c3)nc2)c1. The number of aromatic nitrogens is 1. The lowest BCUT2D eigenvalue weighted by molar-refractivity contribution is -0.0497. The van der Waals surface area contributed by atoms with E-state index in [9.17, 15) is 8.78 Å². The molecule has 6 heteroatoms. The second-order valence-electron chi connectivity index (χ2n) is 6.13. The molecule has 0 unspecified atom stereocenters. The fraction of sp³-hybridized carbons (Fsp3) is 0.136. The van der Waals surface area contributed by atoms with Crippen LogP contribution in [0.4, 0.5) is 26.0 Å². The van der Waals surface area contributed by atoms with Crippen molar-refractivity contribution in [2.24, 2.45) is 0 Å². The number of nitrogens with one attached hydrogen (secondary N) is 2. The maximum absolute atomic E-state index is 12.3. The minimum atomic E-state index is -2.85. The van der Waals surface area contributed by atoms with Gasteiger partial charge in [-0.15, -0.1) is 0 Å². The number of anilines is 3. The zero-order valence-electron chi connectivity index (χ0n) is 15.5. The average Bonchev–Trinajstić information content (AvgIpc) is 2.68. The first-order valence-electron chi connectivity index (χ1n) is 8.86. The van der Waals surface area contributed by atoms with Gasteiger partial charge in [0.25, 0.3) is 0 Å². The highest BCUT2D eigenvalue weighted by atomic mass is 19.3. The molecule has 0 saturated carbocycles. The highest BCUT2D eigenvalue weighted by molar-refractivity contribution is 5.69. The van der Waals surface area contributed by atoms with E-state index in [-0.39, 0.29) is 5.75 Å². The average molecular weight is 381 g/mol. The molecule has 3 aromatic rings. The topological polar surface area (TPSA) is 46.2 Å². The van der Waals surface area contributed by atoms with Crippen LogP contribution in [-0.4, -0.2) is 11.6 Å². The summed E-state index contributed by atoms with van der Waals surface area (Å²) in [6.07, 6.45) is 2.62. The summed E-state index contributed by atoms with van der Waals surface area (Å²) in [6, 6.07) is 18.2. The van der Waals surface area contributed by atoms with Crippen molar-refractivity contribution in [3.63, 3.8) is 0 Å². The third-order valence-corrected chi connectivity index (χ3v) is 4.04. The normalized spacial score (nSPS) is 10.6. The number of hydrogen-bond acceptors (Lipinski definition) is 4. The van der Waals surface area contributed by atoms with E-state index in [1.807, 2.05) is 43.3 Å². The summed E-state index contributed by atoms with van der Waals surface area (Å²) in [5.41, 5.74) is 4.53. The van der Waals surface area contributed by atoms with Crippen molar-refractivity contribution in [1.82, 2.24) is 4.98 Å². The molecule has 0 saturated heterocycles. The van der Waals surface area contributed by atoms with E-state index in [1.165, 1.54) is 12.1 Å². The Labute approximate surface area is 162 Å². The van der Waals surface area contributed by atoms with Crippen molar-refractivity contribution < 1.29 is 13.5 Å². The molecule has 1 aromatic heterocycles. The predicted molar refractivity (Wildman–Crippen MR) is 109 cm³/mol. The number of nitrogens with zero attached hydrogens (tertiary/aromatic N) is 1. The van der Waals surface area contributed by atoms with Crippen molar-refractivity contribution in [2.45, 2.75) is 20.0 Å². The molecule has 2 aromatic carbocycles. The Kier molecular flexibility index (Phi) is 6.22. The first kappa shape index (κ1) is 19.4. The van der Waals surface area contributed by atoms with Gasteiger partial charge in [0.05, 0.1) is 0 Å². The van der Waals surface area contributed by atoms with Crippen molar-refractivity contribution >= 4 is 17.2 Å². The zero-order valence-corrected chi connectivity index (χ0v) is 15.5. The maximum atomic E-state index is 12.3. The van der Waals surface area contributed by atoms with Crippen LogP contribution >= 0.6 is 0 Å². The predicted octanol–water partition coefficient (Wildman–Crippen LogP) is 6.43. The van der Waals surface area contributed by atoms with Gasteiger partial charge in [-0.25, -0.2) is 4.98 Å². The number of ether oxygens (including phenoxy) is 1. The Balaban J connectivity index is 1.72. The van der Waals surface area contributed by atoms with E-state index in [2.05, 4.69) is 26.9 Å². The Morgan fingerprint density at radius 2 is 1.82 bits per heavy atom. The molecule has 0 aliphatic heterocycles. The number of alkyl halides is 2. The second kappa shape index (κ2) is 8.99.